The fraction of sp³-hybridized carbons (Fsp3) is 0.583. The quantitative estimate of drug-likeness (QED) is 0.576. The van der Waals surface area contributed by atoms with Crippen LogP contribution in [0.25, 0.3) is 0 Å². The summed E-state index contributed by atoms with van der Waals surface area (Å²) in [6.07, 6.45) is 0.340. The molecule has 4 aliphatic rings. The molecule has 3 saturated heterocycles. The van der Waals surface area contributed by atoms with Gasteiger partial charge in [0.15, 0.2) is 5.60 Å². The molecule has 0 unspecified atom stereocenters. The molecule has 34 heavy (non-hydrogen) atoms. The standard InChI is InChI=1S/C24H28F2N4O4/c1-23(34,15-5-3-2-4-6-15)22(33)30-17-7-8-18(24(25,26)12-17)19(30)21(32)29-16(13-27)11-14-9-10-28-20(14)31/h2-6,14,16-19,34H,7-12H2,1H3,(H,28,31)(H,29,32)/t14-,16-,17+,18+,19+,23+/m1/s1. The van der Waals surface area contributed by atoms with E-state index in [9.17, 15) is 33.5 Å². The van der Waals surface area contributed by atoms with Gasteiger partial charge in [0, 0.05) is 24.9 Å². The first-order valence-electron chi connectivity index (χ1n) is 11.5. The highest BCUT2D eigenvalue weighted by Crippen LogP contribution is 2.50. The molecule has 10 heteroatoms. The van der Waals surface area contributed by atoms with Gasteiger partial charge in [-0.05, 0) is 38.2 Å². The Morgan fingerprint density at radius 2 is 2.03 bits per heavy atom. The Labute approximate surface area is 196 Å². The van der Waals surface area contributed by atoms with E-state index in [0.29, 0.717) is 19.4 Å². The van der Waals surface area contributed by atoms with E-state index in [1.807, 2.05) is 6.07 Å². The maximum Gasteiger partial charge on any atom is 0.259 e. The molecule has 1 saturated carbocycles. The Bertz CT molecular complexity index is 1010. The van der Waals surface area contributed by atoms with E-state index in [1.54, 1.807) is 30.3 Å². The number of amides is 3. The van der Waals surface area contributed by atoms with Gasteiger partial charge in [0.1, 0.15) is 12.1 Å². The molecule has 1 aromatic rings. The number of halogens is 2. The number of piperidine rings is 2. The predicted molar refractivity (Wildman–Crippen MR) is 116 cm³/mol. The van der Waals surface area contributed by atoms with Crippen LogP contribution in [0.4, 0.5) is 8.78 Å². The van der Waals surface area contributed by atoms with E-state index in [1.165, 1.54) is 6.92 Å². The van der Waals surface area contributed by atoms with Gasteiger partial charge in [0.05, 0.1) is 12.0 Å². The minimum absolute atomic E-state index is 0.0509. The number of alkyl halides is 2. The highest BCUT2D eigenvalue weighted by Gasteiger charge is 2.62. The third-order valence-corrected chi connectivity index (χ3v) is 7.35. The molecule has 5 rings (SSSR count). The maximum absolute atomic E-state index is 14.9. The fourth-order valence-corrected chi connectivity index (χ4v) is 5.49. The molecule has 1 aromatic carbocycles. The van der Waals surface area contributed by atoms with Crippen molar-refractivity contribution in [3.05, 3.63) is 35.9 Å². The number of hydrogen-bond acceptors (Lipinski definition) is 5. The molecule has 2 bridgehead atoms. The smallest absolute Gasteiger partial charge is 0.259 e. The minimum atomic E-state index is -3.16. The molecule has 6 atom stereocenters. The summed E-state index contributed by atoms with van der Waals surface area (Å²) < 4.78 is 29.7. The topological polar surface area (TPSA) is 123 Å². The summed E-state index contributed by atoms with van der Waals surface area (Å²) in [5, 5.41) is 25.8. The second-order valence-electron chi connectivity index (χ2n) is 9.60. The van der Waals surface area contributed by atoms with E-state index >= 15 is 0 Å². The number of nitrogens with one attached hydrogen (secondary N) is 2. The van der Waals surface area contributed by atoms with Crippen molar-refractivity contribution in [2.75, 3.05) is 6.54 Å². The lowest BCUT2D eigenvalue weighted by Crippen LogP contribution is -2.70. The summed E-state index contributed by atoms with van der Waals surface area (Å²) in [5.41, 5.74) is -1.74. The maximum atomic E-state index is 14.9. The Kier molecular flexibility index (Phi) is 6.34. The van der Waals surface area contributed by atoms with Crippen LogP contribution in [0, 0.1) is 23.2 Å². The van der Waals surface area contributed by atoms with Crippen LogP contribution in [0.2, 0.25) is 0 Å². The van der Waals surface area contributed by atoms with Crippen LogP contribution < -0.4 is 10.6 Å². The fourth-order valence-electron chi connectivity index (χ4n) is 5.49. The third kappa shape index (κ3) is 4.25. The monoisotopic (exact) mass is 474 g/mol. The van der Waals surface area contributed by atoms with E-state index in [2.05, 4.69) is 10.6 Å². The molecule has 182 valence electrons. The Morgan fingerprint density at radius 1 is 1.32 bits per heavy atom. The average molecular weight is 475 g/mol. The molecule has 0 spiro atoms. The normalized spacial score (nSPS) is 30.1. The zero-order chi connectivity index (χ0) is 24.7. The number of fused-ring (bicyclic) bond motifs is 3. The van der Waals surface area contributed by atoms with Gasteiger partial charge in [-0.1, -0.05) is 30.3 Å². The molecule has 4 fully saturated rings. The molecule has 1 aliphatic carbocycles. The summed E-state index contributed by atoms with van der Waals surface area (Å²) in [6, 6.07) is 6.55. The number of hydrogen-bond donors (Lipinski definition) is 3. The summed E-state index contributed by atoms with van der Waals surface area (Å²) >= 11 is 0. The van der Waals surface area contributed by atoms with Gasteiger partial charge >= 0.3 is 0 Å². The molecule has 3 N–H and O–H groups in total. The van der Waals surface area contributed by atoms with Crippen molar-refractivity contribution in [1.82, 2.24) is 15.5 Å². The second-order valence-corrected chi connectivity index (χ2v) is 9.60. The van der Waals surface area contributed by atoms with Gasteiger partial charge in [-0.15, -0.1) is 0 Å². The lowest BCUT2D eigenvalue weighted by molar-refractivity contribution is -0.203. The Hall–Kier alpha value is -3.06. The lowest BCUT2D eigenvalue weighted by atomic mass is 9.70. The zero-order valence-corrected chi connectivity index (χ0v) is 18.8. The van der Waals surface area contributed by atoms with Crippen molar-refractivity contribution < 1.29 is 28.3 Å². The highest BCUT2D eigenvalue weighted by atomic mass is 19.3. The summed E-state index contributed by atoms with van der Waals surface area (Å²) in [4.78, 5) is 39.8. The van der Waals surface area contributed by atoms with Crippen molar-refractivity contribution in [2.45, 2.75) is 68.7 Å². The largest absolute Gasteiger partial charge is 0.376 e. The van der Waals surface area contributed by atoms with Gasteiger partial charge in [0.25, 0.3) is 11.8 Å². The van der Waals surface area contributed by atoms with Crippen molar-refractivity contribution in [2.24, 2.45) is 11.8 Å². The lowest BCUT2D eigenvalue weighted by Gasteiger charge is -2.54. The second kappa shape index (κ2) is 8.95. The number of nitriles is 1. The first-order valence-corrected chi connectivity index (χ1v) is 11.5. The molecule has 8 nitrogen and oxygen atoms in total. The summed E-state index contributed by atoms with van der Waals surface area (Å²) in [6.45, 7) is 1.77. The predicted octanol–water partition coefficient (Wildman–Crippen LogP) is 1.44. The molecule has 3 aliphatic heterocycles. The summed E-state index contributed by atoms with van der Waals surface area (Å²) in [7, 11) is 0. The van der Waals surface area contributed by atoms with Crippen LogP contribution in [0.1, 0.15) is 44.6 Å². The molecule has 3 amide bonds. The third-order valence-electron chi connectivity index (χ3n) is 7.35. The minimum Gasteiger partial charge on any atom is -0.376 e. The SMILES string of the molecule is C[C@@](O)(C(=O)N1[C@H]2CC[C@@H]([C@H]1C(=O)N[C@@H](C#N)C[C@H]1CCNC1=O)C(F)(F)C2)c1ccccc1. The zero-order valence-electron chi connectivity index (χ0n) is 18.8. The van der Waals surface area contributed by atoms with E-state index in [-0.39, 0.29) is 24.3 Å². The average Bonchev–Trinajstić information content (AvgIpc) is 3.21. The van der Waals surface area contributed by atoms with Crippen molar-refractivity contribution >= 4 is 17.7 Å². The van der Waals surface area contributed by atoms with Gasteiger partial charge < -0.3 is 20.6 Å². The van der Waals surface area contributed by atoms with Crippen LogP contribution in [-0.4, -0.2) is 58.3 Å². The number of benzene rings is 1. The van der Waals surface area contributed by atoms with Gasteiger partial charge in [-0.3, -0.25) is 14.4 Å². The van der Waals surface area contributed by atoms with Crippen LogP contribution in [0.3, 0.4) is 0 Å². The molecule has 3 heterocycles. The number of aliphatic hydroxyl groups is 1. The molecule has 0 radical (unpaired) electrons. The Balaban J connectivity index is 1.60. The van der Waals surface area contributed by atoms with Crippen LogP contribution >= 0.6 is 0 Å². The van der Waals surface area contributed by atoms with Crippen molar-refractivity contribution in [3.63, 3.8) is 0 Å². The number of carbonyl (C=O) groups is 3. The first-order chi connectivity index (χ1) is 16.1. The van der Waals surface area contributed by atoms with E-state index < -0.39 is 59.7 Å². The van der Waals surface area contributed by atoms with Crippen LogP contribution in [-0.2, 0) is 20.0 Å². The van der Waals surface area contributed by atoms with Crippen molar-refractivity contribution in [1.29, 1.82) is 5.26 Å². The van der Waals surface area contributed by atoms with Crippen LogP contribution in [0.15, 0.2) is 30.3 Å². The Morgan fingerprint density at radius 3 is 2.62 bits per heavy atom. The van der Waals surface area contributed by atoms with Gasteiger partial charge in [0.2, 0.25) is 11.8 Å². The van der Waals surface area contributed by atoms with E-state index in [0.717, 1.165) is 4.90 Å². The highest BCUT2D eigenvalue weighted by molar-refractivity contribution is 5.93. The van der Waals surface area contributed by atoms with Gasteiger partial charge in [-0.2, -0.15) is 5.26 Å². The summed E-state index contributed by atoms with van der Waals surface area (Å²) in [5.74, 6) is -6.95. The van der Waals surface area contributed by atoms with E-state index in [4.69, 9.17) is 0 Å². The van der Waals surface area contributed by atoms with Crippen LogP contribution in [0.5, 0.6) is 0 Å². The number of carbonyl (C=O) groups excluding carboxylic acids is 3. The van der Waals surface area contributed by atoms with Crippen molar-refractivity contribution in [3.8, 4) is 6.07 Å². The number of nitrogens with zero attached hydrogens (tertiary/aromatic N) is 2. The molecular formula is C24H28F2N4O4. The van der Waals surface area contributed by atoms with Gasteiger partial charge in [-0.25, -0.2) is 8.78 Å². The number of rotatable bonds is 6. The molecule has 0 aromatic heterocycles. The molecular weight excluding hydrogens is 446 g/mol. The first kappa shape index (κ1) is 24.1.